The molecule has 0 radical (unpaired) electrons. The fourth-order valence-corrected chi connectivity index (χ4v) is 3.23. The van der Waals surface area contributed by atoms with E-state index in [-0.39, 0.29) is 0 Å². The van der Waals surface area contributed by atoms with Crippen LogP contribution in [0.1, 0.15) is 11.1 Å². The molecule has 0 amide bonds. The quantitative estimate of drug-likeness (QED) is 0.717. The second-order valence-electron chi connectivity index (χ2n) is 5.13. The predicted octanol–water partition coefficient (Wildman–Crippen LogP) is 4.92. The normalized spacial score (nSPS) is 10.9. The van der Waals surface area contributed by atoms with E-state index in [1.165, 1.54) is 5.56 Å². The van der Waals surface area contributed by atoms with Gasteiger partial charge in [0, 0.05) is 13.1 Å². The topological polar surface area (TPSA) is 12.5 Å². The molecule has 0 spiro atoms. The molecular formula is C17H19BrClNO. The van der Waals surface area contributed by atoms with E-state index in [9.17, 15) is 0 Å². The molecule has 2 aromatic carbocycles. The number of halogens is 2. The Bertz CT molecular complexity index is 566. The molecule has 2 nitrogen and oxygen atoms in total. The minimum atomic E-state index is 0.602. The SMILES string of the molecule is Cc1cc(Cl)c(OCCN(C)Cc2ccccc2)c(Br)c1. The molecule has 0 unspecified atom stereocenters. The maximum absolute atomic E-state index is 6.21. The van der Waals surface area contributed by atoms with Crippen LogP contribution < -0.4 is 4.74 Å². The van der Waals surface area contributed by atoms with Gasteiger partial charge in [0.1, 0.15) is 6.61 Å². The van der Waals surface area contributed by atoms with Gasteiger partial charge in [-0.2, -0.15) is 0 Å². The minimum Gasteiger partial charge on any atom is -0.490 e. The van der Waals surface area contributed by atoms with Gasteiger partial charge in [0.05, 0.1) is 9.50 Å². The van der Waals surface area contributed by atoms with Crippen LogP contribution in [0.15, 0.2) is 46.9 Å². The zero-order valence-corrected chi connectivity index (χ0v) is 14.6. The molecule has 0 saturated carbocycles. The third-order valence-corrected chi connectivity index (χ3v) is 4.03. The lowest BCUT2D eigenvalue weighted by atomic mass is 10.2. The molecule has 0 aliphatic carbocycles. The van der Waals surface area contributed by atoms with E-state index in [2.05, 4.69) is 52.1 Å². The summed E-state index contributed by atoms with van der Waals surface area (Å²) in [7, 11) is 2.09. The highest BCUT2D eigenvalue weighted by Crippen LogP contribution is 2.34. The molecule has 0 saturated heterocycles. The summed E-state index contributed by atoms with van der Waals surface area (Å²) in [6.45, 7) is 4.36. The highest BCUT2D eigenvalue weighted by atomic mass is 79.9. The fourth-order valence-electron chi connectivity index (χ4n) is 2.10. The van der Waals surface area contributed by atoms with Crippen molar-refractivity contribution in [2.75, 3.05) is 20.2 Å². The van der Waals surface area contributed by atoms with E-state index in [1.54, 1.807) is 0 Å². The molecule has 2 rings (SSSR count). The Labute approximate surface area is 139 Å². The van der Waals surface area contributed by atoms with Crippen LogP contribution in [0.3, 0.4) is 0 Å². The van der Waals surface area contributed by atoms with Gasteiger partial charge >= 0.3 is 0 Å². The number of hydrogen-bond donors (Lipinski definition) is 0. The first-order chi connectivity index (χ1) is 10.1. The number of benzene rings is 2. The Morgan fingerprint density at radius 1 is 1.19 bits per heavy atom. The first-order valence-electron chi connectivity index (χ1n) is 6.87. The molecule has 0 heterocycles. The summed E-state index contributed by atoms with van der Waals surface area (Å²) < 4.78 is 6.71. The van der Waals surface area contributed by atoms with Crippen molar-refractivity contribution in [3.63, 3.8) is 0 Å². The van der Waals surface area contributed by atoms with E-state index < -0.39 is 0 Å². The highest BCUT2D eigenvalue weighted by Gasteiger charge is 2.08. The predicted molar refractivity (Wildman–Crippen MR) is 92.2 cm³/mol. The maximum Gasteiger partial charge on any atom is 0.152 e. The van der Waals surface area contributed by atoms with Crippen molar-refractivity contribution in [3.05, 3.63) is 63.1 Å². The molecule has 0 bridgehead atoms. The van der Waals surface area contributed by atoms with Crippen molar-refractivity contribution >= 4 is 27.5 Å². The van der Waals surface area contributed by atoms with Crippen LogP contribution in [0.2, 0.25) is 5.02 Å². The van der Waals surface area contributed by atoms with Gasteiger partial charge in [0.25, 0.3) is 0 Å². The Morgan fingerprint density at radius 3 is 2.57 bits per heavy atom. The lowest BCUT2D eigenvalue weighted by Crippen LogP contribution is -2.24. The van der Waals surface area contributed by atoms with Crippen molar-refractivity contribution in [2.45, 2.75) is 13.5 Å². The summed E-state index contributed by atoms with van der Waals surface area (Å²) in [5.41, 5.74) is 2.41. The van der Waals surface area contributed by atoms with Gasteiger partial charge < -0.3 is 4.74 Å². The van der Waals surface area contributed by atoms with Crippen molar-refractivity contribution in [1.29, 1.82) is 0 Å². The molecule has 0 aliphatic rings. The Morgan fingerprint density at radius 2 is 1.90 bits per heavy atom. The smallest absolute Gasteiger partial charge is 0.152 e. The van der Waals surface area contributed by atoms with E-state index in [4.69, 9.17) is 16.3 Å². The van der Waals surface area contributed by atoms with Crippen LogP contribution in [0, 0.1) is 6.92 Å². The second kappa shape index (κ2) is 7.83. The minimum absolute atomic E-state index is 0.602. The summed E-state index contributed by atoms with van der Waals surface area (Å²) >= 11 is 9.71. The molecule has 0 fully saturated rings. The van der Waals surface area contributed by atoms with Gasteiger partial charge in [0.15, 0.2) is 5.75 Å². The first-order valence-corrected chi connectivity index (χ1v) is 8.04. The van der Waals surface area contributed by atoms with Gasteiger partial charge in [-0.05, 0) is 53.2 Å². The van der Waals surface area contributed by atoms with Crippen LogP contribution >= 0.6 is 27.5 Å². The lowest BCUT2D eigenvalue weighted by Gasteiger charge is -2.18. The van der Waals surface area contributed by atoms with Gasteiger partial charge in [-0.3, -0.25) is 4.90 Å². The molecule has 112 valence electrons. The highest BCUT2D eigenvalue weighted by molar-refractivity contribution is 9.10. The van der Waals surface area contributed by atoms with Crippen molar-refractivity contribution in [3.8, 4) is 5.75 Å². The monoisotopic (exact) mass is 367 g/mol. The molecule has 0 N–H and O–H groups in total. The largest absolute Gasteiger partial charge is 0.490 e. The average molecular weight is 369 g/mol. The Kier molecular flexibility index (Phi) is 6.09. The van der Waals surface area contributed by atoms with Gasteiger partial charge in [0.2, 0.25) is 0 Å². The van der Waals surface area contributed by atoms with Crippen LogP contribution in [-0.2, 0) is 6.54 Å². The molecule has 2 aromatic rings. The number of nitrogens with zero attached hydrogens (tertiary/aromatic N) is 1. The summed E-state index contributed by atoms with van der Waals surface area (Å²) in [4.78, 5) is 2.23. The molecule has 0 aromatic heterocycles. The summed E-state index contributed by atoms with van der Waals surface area (Å²) in [5, 5.41) is 0.646. The number of likely N-dealkylation sites (N-methyl/N-ethyl adjacent to an activating group) is 1. The molecule has 4 heteroatoms. The van der Waals surface area contributed by atoms with E-state index in [0.717, 1.165) is 28.9 Å². The second-order valence-corrected chi connectivity index (χ2v) is 6.39. The molecular weight excluding hydrogens is 350 g/mol. The Hall–Kier alpha value is -1.03. The zero-order valence-electron chi connectivity index (χ0n) is 12.3. The lowest BCUT2D eigenvalue weighted by molar-refractivity contribution is 0.232. The van der Waals surface area contributed by atoms with Gasteiger partial charge in [-0.25, -0.2) is 0 Å². The molecule has 21 heavy (non-hydrogen) atoms. The zero-order chi connectivity index (χ0) is 15.2. The summed E-state index contributed by atoms with van der Waals surface area (Å²) in [5.74, 6) is 0.718. The van der Waals surface area contributed by atoms with Crippen molar-refractivity contribution in [1.82, 2.24) is 4.90 Å². The first kappa shape index (κ1) is 16.3. The average Bonchev–Trinajstić information content (AvgIpc) is 2.42. The summed E-state index contributed by atoms with van der Waals surface area (Å²) in [6, 6.07) is 14.3. The van der Waals surface area contributed by atoms with Crippen molar-refractivity contribution < 1.29 is 4.74 Å². The molecule has 0 atom stereocenters. The maximum atomic E-state index is 6.21. The van der Waals surface area contributed by atoms with E-state index >= 15 is 0 Å². The molecule has 0 aliphatic heterocycles. The van der Waals surface area contributed by atoms with Crippen molar-refractivity contribution in [2.24, 2.45) is 0 Å². The number of aryl methyl sites for hydroxylation is 1. The van der Waals surface area contributed by atoms with Crippen LogP contribution in [0.5, 0.6) is 5.75 Å². The van der Waals surface area contributed by atoms with E-state index in [0.29, 0.717) is 11.6 Å². The Balaban J connectivity index is 1.84. The van der Waals surface area contributed by atoms with Gasteiger partial charge in [-0.15, -0.1) is 0 Å². The number of rotatable bonds is 6. The fraction of sp³-hybridized carbons (Fsp3) is 0.294. The van der Waals surface area contributed by atoms with Crippen LogP contribution in [0.4, 0.5) is 0 Å². The van der Waals surface area contributed by atoms with Crippen LogP contribution in [0.25, 0.3) is 0 Å². The van der Waals surface area contributed by atoms with E-state index in [1.807, 2.05) is 25.1 Å². The van der Waals surface area contributed by atoms with Crippen LogP contribution in [-0.4, -0.2) is 25.1 Å². The number of ether oxygens (including phenoxy) is 1. The number of hydrogen-bond acceptors (Lipinski definition) is 2. The third kappa shape index (κ3) is 5.03. The standard InChI is InChI=1S/C17H19BrClNO/c1-13-10-15(18)17(16(19)11-13)21-9-8-20(2)12-14-6-4-3-5-7-14/h3-7,10-11H,8-9,12H2,1-2H3. The third-order valence-electron chi connectivity index (χ3n) is 3.16. The summed E-state index contributed by atoms with van der Waals surface area (Å²) in [6.07, 6.45) is 0. The van der Waals surface area contributed by atoms with Gasteiger partial charge in [-0.1, -0.05) is 41.9 Å².